The van der Waals surface area contributed by atoms with Gasteiger partial charge in [-0.05, 0) is 49.3 Å². The molecule has 2 saturated heterocycles. The standard InChI is InChI=1S/C25H38N4O2/c1-2-3-15-29-23(30)22(18-20-7-5-4-6-8-20)27-24(31)25(29)11-16-28(17-12-25)19-21-9-13-26-14-10-21/h9-10,13-14,20,22H,2-8,11-12,15-19H2,1H3,(H,27,31). The fourth-order valence-corrected chi connectivity index (χ4v) is 5.76. The highest BCUT2D eigenvalue weighted by molar-refractivity contribution is 6.00. The first-order valence-electron chi connectivity index (χ1n) is 12.4. The molecule has 3 fully saturated rings. The van der Waals surface area contributed by atoms with Gasteiger partial charge in [0.1, 0.15) is 11.6 Å². The largest absolute Gasteiger partial charge is 0.342 e. The van der Waals surface area contributed by atoms with Crippen molar-refractivity contribution in [2.75, 3.05) is 19.6 Å². The molecule has 170 valence electrons. The molecule has 31 heavy (non-hydrogen) atoms. The van der Waals surface area contributed by atoms with Crippen molar-refractivity contribution < 1.29 is 9.59 Å². The second-order valence-electron chi connectivity index (χ2n) is 9.77. The zero-order chi connectivity index (χ0) is 21.7. The first-order chi connectivity index (χ1) is 15.1. The number of piperidine rings is 1. The van der Waals surface area contributed by atoms with E-state index in [0.29, 0.717) is 12.5 Å². The van der Waals surface area contributed by atoms with E-state index >= 15 is 0 Å². The summed E-state index contributed by atoms with van der Waals surface area (Å²) in [5.74, 6) is 0.834. The normalized spacial score (nSPS) is 25.1. The number of carbonyl (C=O) groups is 2. The first kappa shape index (κ1) is 22.3. The number of aromatic nitrogens is 1. The molecule has 1 atom stereocenters. The number of hydrogen-bond acceptors (Lipinski definition) is 4. The second-order valence-corrected chi connectivity index (χ2v) is 9.77. The Morgan fingerprint density at radius 1 is 1.10 bits per heavy atom. The van der Waals surface area contributed by atoms with E-state index in [1.807, 2.05) is 29.4 Å². The van der Waals surface area contributed by atoms with Gasteiger partial charge in [0, 0.05) is 38.6 Å². The van der Waals surface area contributed by atoms with E-state index in [4.69, 9.17) is 0 Å². The fourth-order valence-electron chi connectivity index (χ4n) is 5.76. The Balaban J connectivity index is 1.44. The van der Waals surface area contributed by atoms with Gasteiger partial charge in [-0.15, -0.1) is 0 Å². The molecule has 1 aromatic heterocycles. The van der Waals surface area contributed by atoms with Gasteiger partial charge in [0.25, 0.3) is 0 Å². The Hall–Kier alpha value is -1.95. The maximum Gasteiger partial charge on any atom is 0.246 e. The second kappa shape index (κ2) is 10.1. The molecule has 3 aliphatic rings. The summed E-state index contributed by atoms with van der Waals surface area (Å²) < 4.78 is 0. The van der Waals surface area contributed by atoms with Crippen molar-refractivity contribution in [3.8, 4) is 0 Å². The van der Waals surface area contributed by atoms with Crippen LogP contribution in [0.25, 0.3) is 0 Å². The number of likely N-dealkylation sites (tertiary alicyclic amines) is 1. The predicted octanol–water partition coefficient (Wildman–Crippen LogP) is 3.51. The van der Waals surface area contributed by atoms with Crippen LogP contribution in [-0.2, 0) is 16.1 Å². The van der Waals surface area contributed by atoms with Crippen molar-refractivity contribution in [1.29, 1.82) is 0 Å². The van der Waals surface area contributed by atoms with Crippen molar-refractivity contribution in [2.24, 2.45) is 5.92 Å². The molecule has 3 heterocycles. The molecular weight excluding hydrogens is 388 g/mol. The molecule has 1 saturated carbocycles. The van der Waals surface area contributed by atoms with Gasteiger partial charge in [-0.25, -0.2) is 0 Å². The number of piperazine rings is 1. The number of rotatable bonds is 7. The summed E-state index contributed by atoms with van der Waals surface area (Å²) in [4.78, 5) is 35.5. The van der Waals surface area contributed by atoms with Crippen molar-refractivity contribution in [2.45, 2.75) is 89.3 Å². The molecule has 1 N–H and O–H groups in total. The van der Waals surface area contributed by atoms with Crippen LogP contribution in [0.1, 0.15) is 76.7 Å². The van der Waals surface area contributed by atoms with Crippen LogP contribution < -0.4 is 5.32 Å². The number of carbonyl (C=O) groups excluding carboxylic acids is 2. The molecule has 2 aliphatic heterocycles. The summed E-state index contributed by atoms with van der Waals surface area (Å²) in [6, 6.07) is 3.77. The van der Waals surface area contributed by atoms with Gasteiger partial charge in [-0.2, -0.15) is 0 Å². The molecule has 1 spiro atoms. The highest BCUT2D eigenvalue weighted by atomic mass is 16.2. The molecule has 2 amide bonds. The molecular formula is C25H38N4O2. The summed E-state index contributed by atoms with van der Waals surface area (Å²) in [6.45, 7) is 5.39. The topological polar surface area (TPSA) is 65.5 Å². The van der Waals surface area contributed by atoms with E-state index in [2.05, 4.69) is 22.1 Å². The highest BCUT2D eigenvalue weighted by Crippen LogP contribution is 2.36. The van der Waals surface area contributed by atoms with Gasteiger partial charge < -0.3 is 10.2 Å². The van der Waals surface area contributed by atoms with Crippen LogP contribution in [0.3, 0.4) is 0 Å². The third kappa shape index (κ3) is 4.94. The highest BCUT2D eigenvalue weighted by Gasteiger charge is 2.53. The molecule has 4 rings (SSSR count). The lowest BCUT2D eigenvalue weighted by atomic mass is 9.79. The molecule has 1 unspecified atom stereocenters. The zero-order valence-corrected chi connectivity index (χ0v) is 19.0. The number of hydrogen-bond donors (Lipinski definition) is 1. The quantitative estimate of drug-likeness (QED) is 0.725. The van der Waals surface area contributed by atoms with Gasteiger partial charge in [0.15, 0.2) is 0 Å². The Bertz CT molecular complexity index is 739. The summed E-state index contributed by atoms with van der Waals surface area (Å²) in [7, 11) is 0. The Morgan fingerprint density at radius 2 is 1.81 bits per heavy atom. The third-order valence-electron chi connectivity index (χ3n) is 7.68. The van der Waals surface area contributed by atoms with Crippen molar-refractivity contribution in [1.82, 2.24) is 20.1 Å². The molecule has 0 bridgehead atoms. The van der Waals surface area contributed by atoms with E-state index in [1.54, 1.807) is 0 Å². The average molecular weight is 427 g/mol. The molecule has 6 nitrogen and oxygen atoms in total. The van der Waals surface area contributed by atoms with Crippen LogP contribution in [0.4, 0.5) is 0 Å². The average Bonchev–Trinajstić information content (AvgIpc) is 2.80. The number of unbranched alkanes of at least 4 members (excludes halogenated alkanes) is 1. The summed E-state index contributed by atoms with van der Waals surface area (Å²) in [6.07, 6.45) is 14.1. The predicted molar refractivity (Wildman–Crippen MR) is 121 cm³/mol. The summed E-state index contributed by atoms with van der Waals surface area (Å²) in [5.41, 5.74) is 0.579. The molecule has 1 aliphatic carbocycles. The minimum absolute atomic E-state index is 0.0903. The molecule has 1 aromatic rings. The number of nitrogens with one attached hydrogen (secondary N) is 1. The van der Waals surface area contributed by atoms with Crippen LogP contribution in [0, 0.1) is 5.92 Å². The lowest BCUT2D eigenvalue weighted by molar-refractivity contribution is -0.162. The molecule has 0 radical (unpaired) electrons. The van der Waals surface area contributed by atoms with Crippen molar-refractivity contribution in [3.05, 3.63) is 30.1 Å². The van der Waals surface area contributed by atoms with Gasteiger partial charge in [0.05, 0.1) is 0 Å². The monoisotopic (exact) mass is 426 g/mol. The van der Waals surface area contributed by atoms with Gasteiger partial charge in [-0.1, -0.05) is 45.4 Å². The lowest BCUT2D eigenvalue weighted by Gasteiger charge is -2.52. The van der Waals surface area contributed by atoms with E-state index in [9.17, 15) is 9.59 Å². The Labute approximate surface area is 186 Å². The van der Waals surface area contributed by atoms with Crippen molar-refractivity contribution >= 4 is 11.8 Å². The van der Waals surface area contributed by atoms with Gasteiger partial charge in [0.2, 0.25) is 11.8 Å². The van der Waals surface area contributed by atoms with Crippen LogP contribution in [0.15, 0.2) is 24.5 Å². The minimum Gasteiger partial charge on any atom is -0.342 e. The maximum atomic E-state index is 13.6. The van der Waals surface area contributed by atoms with E-state index in [0.717, 1.165) is 51.7 Å². The van der Waals surface area contributed by atoms with Crippen LogP contribution in [0.5, 0.6) is 0 Å². The zero-order valence-electron chi connectivity index (χ0n) is 19.0. The number of pyridine rings is 1. The Morgan fingerprint density at radius 3 is 2.48 bits per heavy atom. The number of amides is 2. The fraction of sp³-hybridized carbons (Fsp3) is 0.720. The molecule has 6 heteroatoms. The Kier molecular flexibility index (Phi) is 7.26. The lowest BCUT2D eigenvalue weighted by Crippen LogP contribution is -2.73. The number of nitrogens with zero attached hydrogens (tertiary/aromatic N) is 3. The van der Waals surface area contributed by atoms with Gasteiger partial charge >= 0.3 is 0 Å². The van der Waals surface area contributed by atoms with E-state index < -0.39 is 5.54 Å². The SMILES string of the molecule is CCCCN1C(=O)C(CC2CCCCC2)NC(=O)C12CCN(Cc1ccncc1)CC2. The maximum absolute atomic E-state index is 13.6. The summed E-state index contributed by atoms with van der Waals surface area (Å²) in [5, 5.41) is 3.19. The van der Waals surface area contributed by atoms with Crippen LogP contribution in [-0.4, -0.2) is 57.8 Å². The van der Waals surface area contributed by atoms with E-state index in [-0.39, 0.29) is 17.9 Å². The first-order valence-corrected chi connectivity index (χ1v) is 12.4. The van der Waals surface area contributed by atoms with Crippen LogP contribution >= 0.6 is 0 Å². The summed E-state index contributed by atoms with van der Waals surface area (Å²) >= 11 is 0. The third-order valence-corrected chi connectivity index (χ3v) is 7.68. The van der Waals surface area contributed by atoms with Gasteiger partial charge in [-0.3, -0.25) is 19.5 Å². The van der Waals surface area contributed by atoms with Crippen LogP contribution in [0.2, 0.25) is 0 Å². The van der Waals surface area contributed by atoms with E-state index in [1.165, 1.54) is 37.7 Å². The molecule has 0 aromatic carbocycles. The smallest absolute Gasteiger partial charge is 0.246 e. The minimum atomic E-state index is -0.663. The van der Waals surface area contributed by atoms with Crippen molar-refractivity contribution in [3.63, 3.8) is 0 Å².